The molecule has 1 heterocycles. The van der Waals surface area contributed by atoms with E-state index in [1.165, 1.54) is 16.0 Å². The fourth-order valence-corrected chi connectivity index (χ4v) is 2.34. The largest absolute Gasteiger partial charge is 0.266 e. The molecule has 2 rings (SSSR count). The Bertz CT molecular complexity index is 341. The average molecular weight is 339 g/mol. The van der Waals surface area contributed by atoms with Gasteiger partial charge in [0.1, 0.15) is 0 Å². The van der Waals surface area contributed by atoms with Crippen LogP contribution >= 0.6 is 36.2 Å². The van der Waals surface area contributed by atoms with Crippen molar-refractivity contribution in [3.05, 3.63) is 40.1 Å². The molecule has 0 radical (unpaired) electrons. The van der Waals surface area contributed by atoms with Crippen LogP contribution in [0.15, 0.2) is 29.2 Å². The van der Waals surface area contributed by atoms with Crippen molar-refractivity contribution < 1.29 is 26.2 Å². The third-order valence-corrected chi connectivity index (χ3v) is 2.95. The number of hydrogen-bond acceptors (Lipinski definition) is 1. The number of hydrogen-bond donors (Lipinski definition) is 0. The average Bonchev–Trinajstić information content (AvgIpc) is 2.58. The first-order chi connectivity index (χ1) is 5.77. The molecule has 0 bridgehead atoms. The summed E-state index contributed by atoms with van der Waals surface area (Å²) in [4.78, 5) is 1.37. The van der Waals surface area contributed by atoms with Crippen molar-refractivity contribution in [2.45, 2.75) is 13.8 Å². The van der Waals surface area contributed by atoms with Crippen molar-refractivity contribution in [3.8, 4) is 0 Å². The van der Waals surface area contributed by atoms with E-state index in [0.717, 1.165) is 0 Å². The minimum Gasteiger partial charge on any atom is -0.266 e. The molecule has 1 unspecified atom stereocenters. The van der Waals surface area contributed by atoms with Crippen molar-refractivity contribution >= 4 is 41.7 Å². The van der Waals surface area contributed by atoms with Gasteiger partial charge in [0, 0.05) is 26.2 Å². The molecule has 15 heavy (non-hydrogen) atoms. The summed E-state index contributed by atoms with van der Waals surface area (Å²) in [6, 6.07) is 4.26. The molecule has 0 saturated carbocycles. The van der Waals surface area contributed by atoms with Crippen LogP contribution in [0.25, 0.3) is 5.57 Å². The molecule has 82 valence electrons. The van der Waals surface area contributed by atoms with E-state index in [4.69, 9.17) is 0 Å². The van der Waals surface area contributed by atoms with E-state index < -0.39 is 0 Å². The van der Waals surface area contributed by atoms with Crippen LogP contribution in [0.1, 0.15) is 18.7 Å². The van der Waals surface area contributed by atoms with Crippen LogP contribution in [0, 0.1) is 12.0 Å². The van der Waals surface area contributed by atoms with E-state index >= 15 is 0 Å². The van der Waals surface area contributed by atoms with Gasteiger partial charge < -0.3 is 0 Å². The monoisotopic (exact) mass is 337 g/mol. The molecule has 1 aromatic rings. The van der Waals surface area contributed by atoms with E-state index in [9.17, 15) is 0 Å². The van der Waals surface area contributed by atoms with Gasteiger partial charge in [-0.2, -0.15) is 23.0 Å². The Hall–Kier alpha value is 0.643. The Labute approximate surface area is 127 Å². The van der Waals surface area contributed by atoms with Crippen molar-refractivity contribution in [2.75, 3.05) is 0 Å². The van der Waals surface area contributed by atoms with Gasteiger partial charge in [-0.15, -0.1) is 24.8 Å². The van der Waals surface area contributed by atoms with Crippen LogP contribution in [-0.2, 0) is 26.2 Å². The van der Waals surface area contributed by atoms with Crippen molar-refractivity contribution in [1.82, 2.24) is 0 Å². The summed E-state index contributed by atoms with van der Waals surface area (Å²) in [5, 5.41) is 2.12. The van der Waals surface area contributed by atoms with Crippen molar-refractivity contribution in [3.63, 3.8) is 0 Å². The fraction of sp³-hybridized carbons (Fsp3) is 0.273. The number of allylic oxidation sites excluding steroid dienone is 4. The number of halogens is 2. The van der Waals surface area contributed by atoms with Gasteiger partial charge >= 0.3 is 0 Å². The van der Waals surface area contributed by atoms with Gasteiger partial charge in [-0.1, -0.05) is 31.9 Å². The molecule has 1 aromatic heterocycles. The van der Waals surface area contributed by atoms with Crippen molar-refractivity contribution in [2.24, 2.45) is 5.92 Å². The molecule has 4 heteroatoms. The molecule has 0 nitrogen and oxygen atoms in total. The van der Waals surface area contributed by atoms with E-state index in [1.807, 2.05) is 0 Å². The molecular weight excluding hydrogens is 326 g/mol. The summed E-state index contributed by atoms with van der Waals surface area (Å²) >= 11 is 1.80. The van der Waals surface area contributed by atoms with Crippen molar-refractivity contribution in [1.29, 1.82) is 0 Å². The molecule has 0 N–H and O–H groups in total. The molecule has 0 spiro atoms. The van der Waals surface area contributed by atoms with Gasteiger partial charge in [0.05, 0.1) is 0 Å². The predicted molar refractivity (Wildman–Crippen MR) is 68.4 cm³/mol. The maximum Gasteiger partial charge on any atom is 0 e. The predicted octanol–water partition coefficient (Wildman–Crippen LogP) is 4.37. The normalized spacial score (nSPS) is 17.9. The van der Waals surface area contributed by atoms with Crippen LogP contribution in [0.5, 0.6) is 0 Å². The zero-order valence-corrected chi connectivity index (χ0v) is 13.5. The molecule has 0 amide bonds. The molecular formula is C11H13Cl2SZr-. The maximum absolute atomic E-state index is 3.39. The second-order valence-electron chi connectivity index (χ2n) is 3.12. The summed E-state index contributed by atoms with van der Waals surface area (Å²) in [6.45, 7) is 4.30. The first-order valence-corrected chi connectivity index (χ1v) is 5.01. The van der Waals surface area contributed by atoms with Gasteiger partial charge in [0.15, 0.2) is 0 Å². The van der Waals surface area contributed by atoms with Gasteiger partial charge in [-0.05, 0) is 10.3 Å². The van der Waals surface area contributed by atoms with Gasteiger partial charge in [-0.3, -0.25) is 6.08 Å². The molecule has 0 saturated heterocycles. The molecule has 0 aliphatic heterocycles. The van der Waals surface area contributed by atoms with E-state index in [-0.39, 0.29) is 51.0 Å². The number of rotatable bonds is 1. The van der Waals surface area contributed by atoms with E-state index in [2.05, 4.69) is 43.5 Å². The zero-order chi connectivity index (χ0) is 8.55. The summed E-state index contributed by atoms with van der Waals surface area (Å²) in [5.41, 5.74) is 2.67. The molecule has 0 fully saturated rings. The standard InChI is InChI=1S/C11H11S.2ClH.Zr/c1-8-6-9(2)10(7-8)11-4-3-5-12-11;;;/h3-5,7-8H,1-2H3;2*1H;/q-1;;;. The Kier molecular flexibility index (Phi) is 9.42. The molecule has 1 atom stereocenters. The summed E-state index contributed by atoms with van der Waals surface area (Å²) in [6.07, 6.45) is 5.66. The summed E-state index contributed by atoms with van der Waals surface area (Å²) < 4.78 is 0. The van der Waals surface area contributed by atoms with Gasteiger partial charge in [0.2, 0.25) is 0 Å². The van der Waals surface area contributed by atoms with Crippen LogP contribution in [0.4, 0.5) is 0 Å². The third-order valence-electron chi connectivity index (χ3n) is 2.05. The van der Waals surface area contributed by atoms with E-state index in [1.54, 1.807) is 11.3 Å². The van der Waals surface area contributed by atoms with Gasteiger partial charge in [-0.25, -0.2) is 5.57 Å². The zero-order valence-electron chi connectivity index (χ0n) is 8.61. The minimum atomic E-state index is 0. The smallest absolute Gasteiger partial charge is 0 e. The first kappa shape index (κ1) is 18.0. The molecule has 0 aromatic carbocycles. The topological polar surface area (TPSA) is 0 Å². The van der Waals surface area contributed by atoms with Gasteiger partial charge in [0.25, 0.3) is 0 Å². The van der Waals surface area contributed by atoms with Crippen LogP contribution in [-0.4, -0.2) is 0 Å². The molecule has 1 aliphatic carbocycles. The summed E-state index contributed by atoms with van der Waals surface area (Å²) in [7, 11) is 0. The maximum atomic E-state index is 3.39. The van der Waals surface area contributed by atoms with Crippen LogP contribution in [0.2, 0.25) is 0 Å². The van der Waals surface area contributed by atoms with Crippen LogP contribution < -0.4 is 0 Å². The summed E-state index contributed by atoms with van der Waals surface area (Å²) in [5.74, 6) is 0.488. The third kappa shape index (κ3) is 4.19. The Morgan fingerprint density at radius 3 is 2.40 bits per heavy atom. The SMILES string of the molecule is CC1=[C-]C(C)C=C1c1cccs1.Cl.Cl.[Zr]. The Morgan fingerprint density at radius 1 is 1.33 bits per heavy atom. The number of thiophene rings is 1. The minimum absolute atomic E-state index is 0. The Balaban J connectivity index is 0. The first-order valence-electron chi connectivity index (χ1n) is 4.13. The quantitative estimate of drug-likeness (QED) is 0.667. The fourth-order valence-electron chi connectivity index (χ4n) is 1.53. The Morgan fingerprint density at radius 2 is 2.00 bits per heavy atom. The van der Waals surface area contributed by atoms with Crippen LogP contribution in [0.3, 0.4) is 0 Å². The second kappa shape index (κ2) is 7.84. The second-order valence-corrected chi connectivity index (χ2v) is 4.06. The molecule has 1 aliphatic rings. The van der Waals surface area contributed by atoms with E-state index in [0.29, 0.717) is 5.92 Å².